The molecule has 1 saturated carbocycles. The van der Waals surface area contributed by atoms with Crippen molar-refractivity contribution < 1.29 is 14.4 Å². The first kappa shape index (κ1) is 14.9. The summed E-state index contributed by atoms with van der Waals surface area (Å²) in [6, 6.07) is 3.58. The summed E-state index contributed by atoms with van der Waals surface area (Å²) >= 11 is 0. The fourth-order valence-corrected chi connectivity index (χ4v) is 2.83. The van der Waals surface area contributed by atoms with Gasteiger partial charge < -0.3 is 10.4 Å². The van der Waals surface area contributed by atoms with Gasteiger partial charge in [-0.25, -0.2) is 4.39 Å². The summed E-state index contributed by atoms with van der Waals surface area (Å²) in [5, 5.41) is 23.3. The third-order valence-corrected chi connectivity index (χ3v) is 3.98. The SMILES string of the molecule is O=[N+]([O-])c1cc(F)cc(CNCC2(CO)CCCC2)c1. The summed E-state index contributed by atoms with van der Waals surface area (Å²) < 4.78 is 13.3. The zero-order valence-electron chi connectivity index (χ0n) is 11.3. The summed E-state index contributed by atoms with van der Waals surface area (Å²) in [5.74, 6) is -0.603. The zero-order valence-corrected chi connectivity index (χ0v) is 11.3. The Bertz CT molecular complexity index is 487. The van der Waals surface area contributed by atoms with Crippen LogP contribution in [0, 0.1) is 21.3 Å². The third kappa shape index (κ3) is 3.52. The number of nitro benzene ring substituents is 1. The Balaban J connectivity index is 1.95. The van der Waals surface area contributed by atoms with Gasteiger partial charge in [0.15, 0.2) is 0 Å². The second-order valence-corrected chi connectivity index (χ2v) is 5.54. The lowest BCUT2D eigenvalue weighted by atomic mass is 9.87. The van der Waals surface area contributed by atoms with Crippen LogP contribution < -0.4 is 5.32 Å². The summed E-state index contributed by atoms with van der Waals surface area (Å²) in [4.78, 5) is 10.1. The van der Waals surface area contributed by atoms with E-state index in [2.05, 4.69) is 5.32 Å². The average Bonchev–Trinajstić information content (AvgIpc) is 2.87. The van der Waals surface area contributed by atoms with Crippen molar-refractivity contribution in [1.82, 2.24) is 5.32 Å². The maximum atomic E-state index is 13.3. The fourth-order valence-electron chi connectivity index (χ4n) is 2.83. The van der Waals surface area contributed by atoms with E-state index in [9.17, 15) is 19.6 Å². The monoisotopic (exact) mass is 282 g/mol. The van der Waals surface area contributed by atoms with Gasteiger partial charge in [0, 0.05) is 31.2 Å². The van der Waals surface area contributed by atoms with Gasteiger partial charge in [-0.2, -0.15) is 0 Å². The predicted molar refractivity (Wildman–Crippen MR) is 72.7 cm³/mol. The van der Waals surface area contributed by atoms with Gasteiger partial charge in [-0.15, -0.1) is 0 Å². The lowest BCUT2D eigenvalue weighted by Crippen LogP contribution is -2.34. The van der Waals surface area contributed by atoms with E-state index < -0.39 is 10.7 Å². The first-order valence-corrected chi connectivity index (χ1v) is 6.80. The molecule has 0 radical (unpaired) electrons. The molecule has 0 bridgehead atoms. The molecule has 1 aromatic carbocycles. The molecule has 0 saturated heterocycles. The first-order chi connectivity index (χ1) is 9.54. The molecule has 2 rings (SSSR count). The van der Waals surface area contributed by atoms with Crippen LogP contribution in [0.2, 0.25) is 0 Å². The topological polar surface area (TPSA) is 75.4 Å². The molecule has 20 heavy (non-hydrogen) atoms. The minimum absolute atomic E-state index is 0.0841. The molecule has 1 aliphatic rings. The Morgan fingerprint density at radius 3 is 2.65 bits per heavy atom. The van der Waals surface area contributed by atoms with E-state index >= 15 is 0 Å². The van der Waals surface area contributed by atoms with Crippen LogP contribution in [-0.2, 0) is 6.54 Å². The fraction of sp³-hybridized carbons (Fsp3) is 0.571. The molecule has 2 N–H and O–H groups in total. The van der Waals surface area contributed by atoms with Crippen molar-refractivity contribution in [1.29, 1.82) is 0 Å². The minimum Gasteiger partial charge on any atom is -0.396 e. The van der Waals surface area contributed by atoms with E-state index in [1.807, 2.05) is 0 Å². The van der Waals surface area contributed by atoms with E-state index in [0.29, 0.717) is 18.7 Å². The molecule has 1 fully saturated rings. The molecule has 0 amide bonds. The van der Waals surface area contributed by atoms with Crippen LogP contribution in [0.25, 0.3) is 0 Å². The van der Waals surface area contributed by atoms with E-state index in [-0.39, 0.29) is 17.7 Å². The van der Waals surface area contributed by atoms with Crippen molar-refractivity contribution in [3.63, 3.8) is 0 Å². The van der Waals surface area contributed by atoms with Crippen LogP contribution in [0.4, 0.5) is 10.1 Å². The van der Waals surface area contributed by atoms with E-state index in [1.165, 1.54) is 12.1 Å². The van der Waals surface area contributed by atoms with Gasteiger partial charge in [-0.3, -0.25) is 10.1 Å². The zero-order chi connectivity index (χ0) is 14.6. The predicted octanol–water partition coefficient (Wildman–Crippen LogP) is 2.38. The Kier molecular flexibility index (Phi) is 4.67. The van der Waals surface area contributed by atoms with E-state index in [1.54, 1.807) is 0 Å². The number of benzene rings is 1. The van der Waals surface area contributed by atoms with Crippen molar-refractivity contribution in [2.45, 2.75) is 32.2 Å². The van der Waals surface area contributed by atoms with Gasteiger partial charge in [0.25, 0.3) is 5.69 Å². The van der Waals surface area contributed by atoms with Crippen LogP contribution in [0.5, 0.6) is 0 Å². The molecular weight excluding hydrogens is 263 g/mol. The number of hydrogen-bond donors (Lipinski definition) is 2. The number of halogens is 1. The number of nitrogens with zero attached hydrogens (tertiary/aromatic N) is 1. The molecule has 0 aliphatic heterocycles. The highest BCUT2D eigenvalue weighted by Gasteiger charge is 2.32. The normalized spacial score (nSPS) is 17.3. The molecule has 1 aromatic rings. The number of nitro groups is 1. The van der Waals surface area contributed by atoms with Gasteiger partial charge in [-0.1, -0.05) is 12.8 Å². The molecule has 0 unspecified atom stereocenters. The molecule has 5 nitrogen and oxygen atoms in total. The molecule has 1 aliphatic carbocycles. The van der Waals surface area contributed by atoms with Crippen molar-refractivity contribution >= 4 is 5.69 Å². The average molecular weight is 282 g/mol. The third-order valence-electron chi connectivity index (χ3n) is 3.98. The standard InChI is InChI=1S/C14H19FN2O3/c15-12-5-11(6-13(7-12)17(19)20)8-16-9-14(10-18)3-1-2-4-14/h5-7,16,18H,1-4,8-10H2. The van der Waals surface area contributed by atoms with E-state index in [0.717, 1.165) is 31.7 Å². The van der Waals surface area contributed by atoms with Crippen LogP contribution in [0.15, 0.2) is 18.2 Å². The Hall–Kier alpha value is -1.53. The lowest BCUT2D eigenvalue weighted by molar-refractivity contribution is -0.385. The lowest BCUT2D eigenvalue weighted by Gasteiger charge is -2.26. The molecule has 0 aromatic heterocycles. The molecule has 0 spiro atoms. The van der Waals surface area contributed by atoms with Crippen molar-refractivity contribution in [2.75, 3.05) is 13.2 Å². The van der Waals surface area contributed by atoms with Crippen LogP contribution in [0.3, 0.4) is 0 Å². The smallest absolute Gasteiger partial charge is 0.272 e. The number of hydrogen-bond acceptors (Lipinski definition) is 4. The molecule has 6 heteroatoms. The number of nitrogens with one attached hydrogen (secondary N) is 1. The van der Waals surface area contributed by atoms with Gasteiger partial charge in [0.05, 0.1) is 11.0 Å². The summed E-state index contributed by atoms with van der Waals surface area (Å²) in [6.07, 6.45) is 4.21. The van der Waals surface area contributed by atoms with Crippen LogP contribution >= 0.6 is 0 Å². The number of aliphatic hydroxyl groups excluding tert-OH is 1. The molecule has 0 heterocycles. The van der Waals surface area contributed by atoms with Crippen molar-refractivity contribution in [3.8, 4) is 0 Å². The van der Waals surface area contributed by atoms with Gasteiger partial charge >= 0.3 is 0 Å². The maximum absolute atomic E-state index is 13.3. The van der Waals surface area contributed by atoms with Crippen LogP contribution in [0.1, 0.15) is 31.2 Å². The highest BCUT2D eigenvalue weighted by molar-refractivity contribution is 5.35. The first-order valence-electron chi connectivity index (χ1n) is 6.80. The number of non-ortho nitro benzene ring substituents is 1. The second kappa shape index (κ2) is 6.28. The maximum Gasteiger partial charge on any atom is 0.272 e. The summed E-state index contributed by atoms with van der Waals surface area (Å²) in [7, 11) is 0. The minimum atomic E-state index is -0.603. The molecular formula is C14H19FN2O3. The molecule has 110 valence electrons. The van der Waals surface area contributed by atoms with Crippen molar-refractivity contribution in [2.24, 2.45) is 5.41 Å². The van der Waals surface area contributed by atoms with Gasteiger partial charge in [0.2, 0.25) is 0 Å². The quantitative estimate of drug-likeness (QED) is 0.620. The summed E-state index contributed by atoms with van der Waals surface area (Å²) in [5.41, 5.74) is 0.224. The Labute approximate surface area is 117 Å². The highest BCUT2D eigenvalue weighted by atomic mass is 19.1. The Morgan fingerprint density at radius 2 is 2.05 bits per heavy atom. The van der Waals surface area contributed by atoms with Crippen LogP contribution in [-0.4, -0.2) is 23.2 Å². The second-order valence-electron chi connectivity index (χ2n) is 5.54. The van der Waals surface area contributed by atoms with Gasteiger partial charge in [0.1, 0.15) is 5.82 Å². The largest absolute Gasteiger partial charge is 0.396 e. The molecule has 0 atom stereocenters. The Morgan fingerprint density at radius 1 is 1.35 bits per heavy atom. The highest BCUT2D eigenvalue weighted by Crippen LogP contribution is 2.36. The van der Waals surface area contributed by atoms with Gasteiger partial charge in [-0.05, 0) is 24.5 Å². The number of rotatable bonds is 6. The van der Waals surface area contributed by atoms with E-state index in [4.69, 9.17) is 0 Å². The number of aliphatic hydroxyl groups is 1. The summed E-state index contributed by atoms with van der Waals surface area (Å²) in [6.45, 7) is 1.15. The van der Waals surface area contributed by atoms with Crippen molar-refractivity contribution in [3.05, 3.63) is 39.7 Å².